The van der Waals surface area contributed by atoms with Crippen LogP contribution in [0.25, 0.3) is 0 Å². The molecule has 1 fully saturated rings. The van der Waals surface area contributed by atoms with Crippen molar-refractivity contribution in [1.29, 1.82) is 0 Å². The monoisotopic (exact) mass is 281 g/mol. The molecule has 110 valence electrons. The number of hydrogen-bond acceptors (Lipinski definition) is 3. The van der Waals surface area contributed by atoms with Crippen LogP contribution >= 0.6 is 0 Å². The molecule has 0 spiro atoms. The lowest BCUT2D eigenvalue weighted by Gasteiger charge is -2.41. The standard InChI is InChI=1S/C18H23N3/c19-13-17-14-20-11-12-21(17)18(15-7-3-1-4-8-15)16-9-5-2-6-10-16/h1-10,17-18,20H,11-14,19H2. The zero-order valence-electron chi connectivity index (χ0n) is 12.3. The fourth-order valence-electron chi connectivity index (χ4n) is 3.18. The van der Waals surface area contributed by atoms with E-state index in [2.05, 4.69) is 70.9 Å². The molecule has 0 bridgehead atoms. The van der Waals surface area contributed by atoms with Crippen molar-refractivity contribution in [2.75, 3.05) is 26.2 Å². The van der Waals surface area contributed by atoms with Crippen LogP contribution in [0.3, 0.4) is 0 Å². The van der Waals surface area contributed by atoms with Gasteiger partial charge in [0.05, 0.1) is 6.04 Å². The van der Waals surface area contributed by atoms with Gasteiger partial charge >= 0.3 is 0 Å². The Morgan fingerprint density at radius 2 is 1.57 bits per heavy atom. The maximum Gasteiger partial charge on any atom is 0.0605 e. The van der Waals surface area contributed by atoms with E-state index in [4.69, 9.17) is 5.73 Å². The normalized spacial score (nSPS) is 19.8. The fourth-order valence-corrected chi connectivity index (χ4v) is 3.18. The summed E-state index contributed by atoms with van der Waals surface area (Å²) in [4.78, 5) is 2.54. The third kappa shape index (κ3) is 3.16. The molecular formula is C18H23N3. The predicted octanol–water partition coefficient (Wildman–Crippen LogP) is 2.01. The number of nitrogens with two attached hydrogens (primary N) is 1. The van der Waals surface area contributed by atoms with Gasteiger partial charge in [-0.15, -0.1) is 0 Å². The van der Waals surface area contributed by atoms with Crippen molar-refractivity contribution in [2.24, 2.45) is 5.73 Å². The second-order valence-electron chi connectivity index (χ2n) is 5.56. The number of hydrogen-bond donors (Lipinski definition) is 2. The first kappa shape index (κ1) is 14.3. The van der Waals surface area contributed by atoms with Gasteiger partial charge in [-0.1, -0.05) is 60.7 Å². The highest BCUT2D eigenvalue weighted by Crippen LogP contribution is 2.30. The number of nitrogens with zero attached hydrogens (tertiary/aromatic N) is 1. The number of benzene rings is 2. The minimum absolute atomic E-state index is 0.281. The lowest BCUT2D eigenvalue weighted by atomic mass is 9.95. The molecule has 1 unspecified atom stereocenters. The molecule has 1 saturated heterocycles. The van der Waals surface area contributed by atoms with Crippen molar-refractivity contribution < 1.29 is 0 Å². The Morgan fingerprint density at radius 3 is 2.10 bits per heavy atom. The Labute approximate surface area is 126 Å². The van der Waals surface area contributed by atoms with Gasteiger partial charge in [0.1, 0.15) is 0 Å². The molecule has 1 heterocycles. The highest BCUT2D eigenvalue weighted by atomic mass is 15.2. The minimum atomic E-state index is 0.281. The maximum absolute atomic E-state index is 6.01. The minimum Gasteiger partial charge on any atom is -0.329 e. The molecule has 2 aromatic rings. The molecule has 1 aliphatic heterocycles. The van der Waals surface area contributed by atoms with Gasteiger partial charge < -0.3 is 11.1 Å². The molecule has 3 heteroatoms. The first-order valence-corrected chi connectivity index (χ1v) is 7.66. The molecule has 3 N–H and O–H groups in total. The van der Waals surface area contributed by atoms with Crippen LogP contribution in [0.5, 0.6) is 0 Å². The summed E-state index contributed by atoms with van der Waals surface area (Å²) < 4.78 is 0. The van der Waals surface area contributed by atoms with Crippen LogP contribution in [0, 0.1) is 0 Å². The summed E-state index contributed by atoms with van der Waals surface area (Å²) in [5.74, 6) is 0. The van der Waals surface area contributed by atoms with E-state index in [1.807, 2.05) is 0 Å². The average Bonchev–Trinajstić information content (AvgIpc) is 2.58. The molecule has 21 heavy (non-hydrogen) atoms. The van der Waals surface area contributed by atoms with Gasteiger partial charge in [-0.3, -0.25) is 4.90 Å². The van der Waals surface area contributed by atoms with E-state index < -0.39 is 0 Å². The summed E-state index contributed by atoms with van der Waals surface area (Å²) in [6.07, 6.45) is 0. The summed E-state index contributed by atoms with van der Waals surface area (Å²) in [6.45, 7) is 3.69. The molecule has 1 aliphatic rings. The van der Waals surface area contributed by atoms with Crippen molar-refractivity contribution in [3.63, 3.8) is 0 Å². The van der Waals surface area contributed by atoms with Crippen molar-refractivity contribution >= 4 is 0 Å². The Bertz CT molecular complexity index is 501. The van der Waals surface area contributed by atoms with E-state index in [0.717, 1.165) is 19.6 Å². The molecule has 3 rings (SSSR count). The Kier molecular flexibility index (Phi) is 4.65. The van der Waals surface area contributed by atoms with E-state index in [-0.39, 0.29) is 6.04 Å². The van der Waals surface area contributed by atoms with E-state index in [1.54, 1.807) is 0 Å². The number of rotatable bonds is 4. The lowest BCUT2D eigenvalue weighted by Crippen LogP contribution is -2.55. The topological polar surface area (TPSA) is 41.3 Å². The maximum atomic E-state index is 6.01. The lowest BCUT2D eigenvalue weighted by molar-refractivity contribution is 0.130. The quantitative estimate of drug-likeness (QED) is 0.901. The predicted molar refractivity (Wildman–Crippen MR) is 87.1 cm³/mol. The van der Waals surface area contributed by atoms with E-state index in [0.29, 0.717) is 12.6 Å². The Balaban J connectivity index is 2.00. The average molecular weight is 281 g/mol. The third-order valence-electron chi connectivity index (χ3n) is 4.23. The van der Waals surface area contributed by atoms with Crippen LogP contribution < -0.4 is 11.1 Å². The molecule has 1 atom stereocenters. The third-order valence-corrected chi connectivity index (χ3v) is 4.23. The fraction of sp³-hybridized carbons (Fsp3) is 0.333. The Hall–Kier alpha value is -1.68. The second-order valence-corrected chi connectivity index (χ2v) is 5.56. The molecule has 0 amide bonds. The van der Waals surface area contributed by atoms with Gasteiger partial charge in [0.25, 0.3) is 0 Å². The van der Waals surface area contributed by atoms with E-state index >= 15 is 0 Å². The van der Waals surface area contributed by atoms with Gasteiger partial charge in [0.15, 0.2) is 0 Å². The first-order chi connectivity index (χ1) is 10.4. The summed E-state index contributed by atoms with van der Waals surface area (Å²) in [5, 5.41) is 3.45. The number of piperazine rings is 1. The summed E-state index contributed by atoms with van der Waals surface area (Å²) >= 11 is 0. The summed E-state index contributed by atoms with van der Waals surface area (Å²) in [6, 6.07) is 22.1. The molecule has 0 saturated carbocycles. The number of nitrogens with one attached hydrogen (secondary N) is 1. The van der Waals surface area contributed by atoms with Crippen molar-refractivity contribution in [2.45, 2.75) is 12.1 Å². The van der Waals surface area contributed by atoms with Crippen LogP contribution in [0.2, 0.25) is 0 Å². The van der Waals surface area contributed by atoms with E-state index in [9.17, 15) is 0 Å². The van der Waals surface area contributed by atoms with Crippen molar-refractivity contribution in [1.82, 2.24) is 10.2 Å². The van der Waals surface area contributed by atoms with E-state index in [1.165, 1.54) is 11.1 Å². The van der Waals surface area contributed by atoms with Crippen LogP contribution in [0.15, 0.2) is 60.7 Å². The van der Waals surface area contributed by atoms with Crippen LogP contribution in [-0.4, -0.2) is 37.1 Å². The van der Waals surface area contributed by atoms with Gasteiger partial charge in [0.2, 0.25) is 0 Å². The van der Waals surface area contributed by atoms with Crippen molar-refractivity contribution in [3.8, 4) is 0 Å². The zero-order chi connectivity index (χ0) is 14.5. The molecule has 2 aromatic carbocycles. The largest absolute Gasteiger partial charge is 0.329 e. The van der Waals surface area contributed by atoms with Gasteiger partial charge in [-0.05, 0) is 11.1 Å². The highest BCUT2D eigenvalue weighted by molar-refractivity contribution is 5.32. The molecule has 3 nitrogen and oxygen atoms in total. The van der Waals surface area contributed by atoms with Crippen LogP contribution in [0.4, 0.5) is 0 Å². The molecule has 0 radical (unpaired) electrons. The SMILES string of the molecule is NCC1CNCCN1C(c1ccccc1)c1ccccc1. The van der Waals surface area contributed by atoms with Gasteiger partial charge in [-0.25, -0.2) is 0 Å². The van der Waals surface area contributed by atoms with Gasteiger partial charge in [-0.2, -0.15) is 0 Å². The summed E-state index contributed by atoms with van der Waals surface area (Å²) in [5.41, 5.74) is 8.68. The van der Waals surface area contributed by atoms with Crippen LogP contribution in [-0.2, 0) is 0 Å². The van der Waals surface area contributed by atoms with Crippen LogP contribution in [0.1, 0.15) is 17.2 Å². The molecule has 0 aliphatic carbocycles. The zero-order valence-corrected chi connectivity index (χ0v) is 12.3. The van der Waals surface area contributed by atoms with Crippen molar-refractivity contribution in [3.05, 3.63) is 71.8 Å². The highest BCUT2D eigenvalue weighted by Gasteiger charge is 2.29. The summed E-state index contributed by atoms with van der Waals surface area (Å²) in [7, 11) is 0. The smallest absolute Gasteiger partial charge is 0.0605 e. The molecule has 0 aromatic heterocycles. The molecular weight excluding hydrogens is 258 g/mol. The Morgan fingerprint density at radius 1 is 1.00 bits per heavy atom. The first-order valence-electron chi connectivity index (χ1n) is 7.66. The van der Waals surface area contributed by atoms with Gasteiger partial charge in [0, 0.05) is 32.2 Å². The second kappa shape index (κ2) is 6.85.